The summed E-state index contributed by atoms with van der Waals surface area (Å²) in [7, 11) is 1.70. The van der Waals surface area contributed by atoms with Crippen molar-refractivity contribution in [3.05, 3.63) is 6.42 Å². The molecule has 0 aromatic rings. The molecule has 0 bridgehead atoms. The molecule has 2 heteroatoms. The van der Waals surface area contributed by atoms with Gasteiger partial charge in [-0.3, -0.25) is 4.79 Å². The Hall–Kier alpha value is -0.530. The lowest BCUT2D eigenvalue weighted by Crippen LogP contribution is -2.29. The number of amides is 1. The molecule has 0 spiro atoms. The van der Waals surface area contributed by atoms with E-state index < -0.39 is 0 Å². The molecular formula is C8H14NO. The van der Waals surface area contributed by atoms with Crippen molar-refractivity contribution in [2.75, 3.05) is 7.05 Å². The topological polar surface area (TPSA) is 29.1 Å². The molecule has 1 rings (SSSR count). The fraction of sp³-hybridized carbons (Fsp3) is 0.750. The SMILES string of the molecule is CNC(=O)C1[CH]CCCC1. The maximum Gasteiger partial charge on any atom is 0.223 e. The largest absolute Gasteiger partial charge is 0.359 e. The molecule has 1 unspecified atom stereocenters. The van der Waals surface area contributed by atoms with E-state index >= 15 is 0 Å². The van der Waals surface area contributed by atoms with E-state index in [-0.39, 0.29) is 11.8 Å². The second-order valence-corrected chi connectivity index (χ2v) is 2.74. The van der Waals surface area contributed by atoms with E-state index in [0.717, 1.165) is 12.8 Å². The van der Waals surface area contributed by atoms with Crippen LogP contribution in [0.5, 0.6) is 0 Å². The van der Waals surface area contributed by atoms with Crippen LogP contribution in [0.2, 0.25) is 0 Å². The number of hydrogen-bond donors (Lipinski definition) is 1. The minimum atomic E-state index is 0.180. The van der Waals surface area contributed by atoms with Crippen molar-refractivity contribution >= 4 is 5.91 Å². The van der Waals surface area contributed by atoms with Gasteiger partial charge in [-0.15, -0.1) is 0 Å². The van der Waals surface area contributed by atoms with Crippen LogP contribution < -0.4 is 5.32 Å². The molecule has 1 N–H and O–H groups in total. The number of carbonyl (C=O) groups is 1. The van der Waals surface area contributed by atoms with Gasteiger partial charge in [-0.25, -0.2) is 0 Å². The summed E-state index contributed by atoms with van der Waals surface area (Å²) in [6.45, 7) is 0. The zero-order valence-corrected chi connectivity index (χ0v) is 6.39. The van der Waals surface area contributed by atoms with Crippen LogP contribution in [0.1, 0.15) is 25.7 Å². The first-order chi connectivity index (χ1) is 4.84. The van der Waals surface area contributed by atoms with Crippen LogP contribution in [0, 0.1) is 12.3 Å². The van der Waals surface area contributed by atoms with Crippen molar-refractivity contribution in [3.8, 4) is 0 Å². The summed E-state index contributed by atoms with van der Waals surface area (Å²) in [6.07, 6.45) is 6.74. The molecule has 0 aromatic heterocycles. The summed E-state index contributed by atoms with van der Waals surface area (Å²) in [6, 6.07) is 0. The van der Waals surface area contributed by atoms with Crippen molar-refractivity contribution in [3.63, 3.8) is 0 Å². The second-order valence-electron chi connectivity index (χ2n) is 2.74. The van der Waals surface area contributed by atoms with Gasteiger partial charge in [0.15, 0.2) is 0 Å². The Morgan fingerprint density at radius 3 is 2.90 bits per heavy atom. The molecule has 1 aliphatic carbocycles. The van der Waals surface area contributed by atoms with Crippen molar-refractivity contribution in [1.29, 1.82) is 0 Å². The predicted octanol–water partition coefficient (Wildman–Crippen LogP) is 1.13. The Kier molecular flexibility index (Phi) is 2.72. The lowest BCUT2D eigenvalue weighted by molar-refractivity contribution is -0.124. The number of rotatable bonds is 1. The molecule has 1 fully saturated rings. The maximum atomic E-state index is 11.0. The molecule has 1 radical (unpaired) electrons. The molecular weight excluding hydrogens is 126 g/mol. The first-order valence-electron chi connectivity index (χ1n) is 3.89. The highest BCUT2D eigenvalue weighted by atomic mass is 16.1. The van der Waals surface area contributed by atoms with Crippen LogP contribution in [0.25, 0.3) is 0 Å². The van der Waals surface area contributed by atoms with E-state index in [2.05, 4.69) is 11.7 Å². The average Bonchev–Trinajstić information content (AvgIpc) is 2.05. The Morgan fingerprint density at radius 2 is 2.40 bits per heavy atom. The van der Waals surface area contributed by atoms with Gasteiger partial charge in [0.05, 0.1) is 0 Å². The fourth-order valence-electron chi connectivity index (χ4n) is 1.37. The molecule has 0 heterocycles. The third kappa shape index (κ3) is 1.72. The van der Waals surface area contributed by atoms with E-state index in [1.54, 1.807) is 7.05 Å². The van der Waals surface area contributed by atoms with Crippen molar-refractivity contribution in [2.24, 2.45) is 5.92 Å². The Labute approximate surface area is 62.0 Å². The van der Waals surface area contributed by atoms with Gasteiger partial charge in [-0.1, -0.05) is 12.8 Å². The number of hydrogen-bond acceptors (Lipinski definition) is 1. The Balaban J connectivity index is 2.31. The van der Waals surface area contributed by atoms with Crippen LogP contribution in [0.4, 0.5) is 0 Å². The van der Waals surface area contributed by atoms with Crippen LogP contribution in [-0.4, -0.2) is 13.0 Å². The van der Waals surface area contributed by atoms with E-state index in [1.807, 2.05) is 0 Å². The van der Waals surface area contributed by atoms with Crippen LogP contribution in [0.15, 0.2) is 0 Å². The van der Waals surface area contributed by atoms with E-state index in [4.69, 9.17) is 0 Å². The molecule has 0 aromatic carbocycles. The average molecular weight is 140 g/mol. The molecule has 0 aliphatic heterocycles. The van der Waals surface area contributed by atoms with Gasteiger partial charge in [0, 0.05) is 13.0 Å². The van der Waals surface area contributed by atoms with Crippen molar-refractivity contribution < 1.29 is 4.79 Å². The van der Waals surface area contributed by atoms with Crippen molar-refractivity contribution in [1.82, 2.24) is 5.32 Å². The highest BCUT2D eigenvalue weighted by Crippen LogP contribution is 2.22. The molecule has 2 nitrogen and oxygen atoms in total. The molecule has 1 atom stereocenters. The number of carbonyl (C=O) groups excluding carboxylic acids is 1. The number of nitrogens with one attached hydrogen (secondary N) is 1. The fourth-order valence-corrected chi connectivity index (χ4v) is 1.37. The van der Waals surface area contributed by atoms with E-state index in [1.165, 1.54) is 12.8 Å². The lowest BCUT2D eigenvalue weighted by atomic mass is 9.89. The summed E-state index contributed by atoms with van der Waals surface area (Å²) in [5.74, 6) is 0.374. The van der Waals surface area contributed by atoms with Crippen LogP contribution >= 0.6 is 0 Å². The Bertz CT molecular complexity index is 116. The standard InChI is InChI=1S/C8H14NO/c1-9-8(10)7-5-3-2-4-6-7/h5,7H,2-4,6H2,1H3,(H,9,10). The maximum absolute atomic E-state index is 11.0. The van der Waals surface area contributed by atoms with E-state index in [0.29, 0.717) is 0 Å². The third-order valence-electron chi connectivity index (χ3n) is 2.00. The molecule has 1 saturated carbocycles. The van der Waals surface area contributed by atoms with Crippen LogP contribution in [0.3, 0.4) is 0 Å². The molecule has 10 heavy (non-hydrogen) atoms. The van der Waals surface area contributed by atoms with Gasteiger partial charge in [0.25, 0.3) is 0 Å². The predicted molar refractivity (Wildman–Crippen MR) is 40.3 cm³/mol. The lowest BCUT2D eigenvalue weighted by Gasteiger charge is -2.18. The van der Waals surface area contributed by atoms with Crippen LogP contribution in [-0.2, 0) is 4.79 Å². The second kappa shape index (κ2) is 3.59. The summed E-state index contributed by atoms with van der Waals surface area (Å²) >= 11 is 0. The van der Waals surface area contributed by atoms with Gasteiger partial charge < -0.3 is 5.32 Å². The molecule has 1 amide bonds. The highest BCUT2D eigenvalue weighted by Gasteiger charge is 2.19. The monoisotopic (exact) mass is 140 g/mol. The van der Waals surface area contributed by atoms with Gasteiger partial charge >= 0.3 is 0 Å². The minimum Gasteiger partial charge on any atom is -0.359 e. The normalized spacial score (nSPS) is 20.5. The Morgan fingerprint density at radius 1 is 1.60 bits per heavy atom. The zero-order valence-electron chi connectivity index (χ0n) is 6.39. The van der Waals surface area contributed by atoms with E-state index in [9.17, 15) is 4.79 Å². The smallest absolute Gasteiger partial charge is 0.223 e. The third-order valence-corrected chi connectivity index (χ3v) is 2.00. The molecule has 1 aliphatic rings. The summed E-state index contributed by atoms with van der Waals surface area (Å²) < 4.78 is 0. The molecule has 0 saturated heterocycles. The summed E-state index contributed by atoms with van der Waals surface area (Å²) in [4.78, 5) is 11.0. The van der Waals surface area contributed by atoms with Gasteiger partial charge in [0.2, 0.25) is 5.91 Å². The summed E-state index contributed by atoms with van der Waals surface area (Å²) in [5, 5.41) is 2.66. The summed E-state index contributed by atoms with van der Waals surface area (Å²) in [5.41, 5.74) is 0. The van der Waals surface area contributed by atoms with Gasteiger partial charge in [0.1, 0.15) is 0 Å². The quantitative estimate of drug-likeness (QED) is 0.581. The van der Waals surface area contributed by atoms with Gasteiger partial charge in [-0.2, -0.15) is 0 Å². The van der Waals surface area contributed by atoms with Crippen molar-refractivity contribution in [2.45, 2.75) is 25.7 Å². The zero-order chi connectivity index (χ0) is 7.40. The first-order valence-corrected chi connectivity index (χ1v) is 3.89. The highest BCUT2D eigenvalue weighted by molar-refractivity contribution is 5.79. The minimum absolute atomic E-state index is 0.180. The molecule has 57 valence electrons. The van der Waals surface area contributed by atoms with Gasteiger partial charge in [-0.05, 0) is 19.3 Å². The first kappa shape index (κ1) is 7.58.